The van der Waals surface area contributed by atoms with Gasteiger partial charge in [-0.25, -0.2) is 24.0 Å². The summed E-state index contributed by atoms with van der Waals surface area (Å²) in [4.78, 5) is 26.7. The van der Waals surface area contributed by atoms with Crippen LogP contribution in [0.2, 0.25) is 5.02 Å². The Bertz CT molecular complexity index is 1330. The molecule has 0 aliphatic carbocycles. The van der Waals surface area contributed by atoms with Crippen molar-refractivity contribution in [3.8, 4) is 5.69 Å². The molecule has 4 aromatic rings. The second-order valence-corrected chi connectivity index (χ2v) is 9.17. The van der Waals surface area contributed by atoms with E-state index in [1.54, 1.807) is 30.5 Å². The number of pyridine rings is 2. The van der Waals surface area contributed by atoms with Gasteiger partial charge in [-0.3, -0.25) is 0 Å². The first kappa shape index (κ1) is 24.0. The zero-order valence-corrected chi connectivity index (χ0v) is 20.7. The van der Waals surface area contributed by atoms with Gasteiger partial charge in [0.15, 0.2) is 0 Å². The van der Waals surface area contributed by atoms with Gasteiger partial charge in [-0.15, -0.1) is 0 Å². The molecule has 36 heavy (non-hydrogen) atoms. The zero-order chi connectivity index (χ0) is 25.1. The van der Waals surface area contributed by atoms with Crippen LogP contribution < -0.4 is 15.5 Å². The van der Waals surface area contributed by atoms with Gasteiger partial charge in [-0.2, -0.15) is 5.10 Å². The largest absolute Gasteiger partial charge is 0.386 e. The number of hydrogen-bond donors (Lipinski definition) is 1. The molecule has 1 aliphatic rings. The molecule has 5 rings (SSSR count). The molecule has 186 valence electrons. The molecule has 1 aromatic carbocycles. The number of halogens is 1. The number of aliphatic hydroxyl groups excluding tert-OH is 1. The molecule has 0 radical (unpaired) electrons. The lowest BCUT2D eigenvalue weighted by atomic mass is 10.0. The Morgan fingerprint density at radius 2 is 1.64 bits per heavy atom. The highest BCUT2D eigenvalue weighted by Gasteiger charge is 2.25. The van der Waals surface area contributed by atoms with Crippen molar-refractivity contribution in [1.82, 2.24) is 24.3 Å². The minimum Gasteiger partial charge on any atom is -0.386 e. The van der Waals surface area contributed by atoms with E-state index in [1.807, 2.05) is 43.5 Å². The Morgan fingerprint density at radius 3 is 2.22 bits per heavy atom. The van der Waals surface area contributed by atoms with E-state index in [4.69, 9.17) is 11.6 Å². The molecular weight excluding hydrogens is 478 g/mol. The molecule has 0 amide bonds. The lowest BCUT2D eigenvalue weighted by molar-refractivity contribution is 0.101. The number of nitrogens with zero attached hydrogens (tertiary/aromatic N) is 7. The van der Waals surface area contributed by atoms with Crippen molar-refractivity contribution in [3.63, 3.8) is 0 Å². The third-order valence-corrected chi connectivity index (χ3v) is 6.84. The Balaban J connectivity index is 1.29. The number of rotatable bonds is 7. The van der Waals surface area contributed by atoms with E-state index in [1.165, 1.54) is 15.6 Å². The van der Waals surface area contributed by atoms with Crippen LogP contribution in [-0.4, -0.2) is 55.6 Å². The average Bonchev–Trinajstić information content (AvgIpc) is 3.31. The van der Waals surface area contributed by atoms with E-state index in [0.29, 0.717) is 22.7 Å². The lowest BCUT2D eigenvalue weighted by Gasteiger charge is -2.36. The highest BCUT2D eigenvalue weighted by molar-refractivity contribution is 6.30. The quantitative estimate of drug-likeness (QED) is 0.411. The number of piperazine rings is 1. The highest BCUT2D eigenvalue weighted by Crippen LogP contribution is 2.28. The monoisotopic (exact) mass is 505 g/mol. The summed E-state index contributed by atoms with van der Waals surface area (Å²) >= 11 is 5.97. The molecule has 1 fully saturated rings. The minimum atomic E-state index is -0.890. The molecule has 1 N–H and O–H groups in total. The van der Waals surface area contributed by atoms with Gasteiger partial charge in [0, 0.05) is 37.4 Å². The standard InChI is InChI=1S/C26H28ClN7O2/c1-2-22(25(35)19-6-8-20(27)9-7-19)34-26(36)33(18-30-34)21-10-11-24(29-17-21)32-15-13-31(14-16-32)23-5-3-4-12-28-23/h3-12,17-18,22,25,35H,2,13-16H2,1H3/t22?,25-/m1/s1. The summed E-state index contributed by atoms with van der Waals surface area (Å²) in [5.41, 5.74) is 0.980. The van der Waals surface area contributed by atoms with Crippen LogP contribution in [0.3, 0.4) is 0 Å². The molecule has 2 atom stereocenters. The van der Waals surface area contributed by atoms with Crippen molar-refractivity contribution >= 4 is 23.2 Å². The van der Waals surface area contributed by atoms with E-state index >= 15 is 0 Å². The van der Waals surface area contributed by atoms with Crippen LogP contribution in [0.15, 0.2) is 78.1 Å². The number of aromatic nitrogens is 5. The third-order valence-electron chi connectivity index (χ3n) is 6.59. The van der Waals surface area contributed by atoms with Crippen molar-refractivity contribution in [2.45, 2.75) is 25.5 Å². The van der Waals surface area contributed by atoms with E-state index in [9.17, 15) is 9.90 Å². The first-order valence-electron chi connectivity index (χ1n) is 12.0. The van der Waals surface area contributed by atoms with Crippen LogP contribution >= 0.6 is 11.6 Å². The molecular formula is C26H28ClN7O2. The van der Waals surface area contributed by atoms with Crippen molar-refractivity contribution in [2.24, 2.45) is 0 Å². The summed E-state index contributed by atoms with van der Waals surface area (Å²) in [5, 5.41) is 15.8. The van der Waals surface area contributed by atoms with Crippen LogP contribution in [0.25, 0.3) is 5.69 Å². The maximum Gasteiger partial charge on any atom is 0.350 e. The summed E-state index contributed by atoms with van der Waals surface area (Å²) in [6.07, 6.45) is 4.61. The number of hydrogen-bond acceptors (Lipinski definition) is 7. The molecule has 3 aromatic heterocycles. The Kier molecular flexibility index (Phi) is 7.02. The fourth-order valence-corrected chi connectivity index (χ4v) is 4.67. The fraction of sp³-hybridized carbons (Fsp3) is 0.308. The zero-order valence-electron chi connectivity index (χ0n) is 20.0. The van der Waals surface area contributed by atoms with Crippen molar-refractivity contribution in [1.29, 1.82) is 0 Å². The molecule has 1 aliphatic heterocycles. The van der Waals surface area contributed by atoms with Crippen LogP contribution in [0, 0.1) is 0 Å². The summed E-state index contributed by atoms with van der Waals surface area (Å²) in [6, 6.07) is 16.2. The van der Waals surface area contributed by atoms with Gasteiger partial charge in [-0.1, -0.05) is 36.7 Å². The Hall–Kier alpha value is -3.69. The SMILES string of the molecule is CCC([C@H](O)c1ccc(Cl)cc1)n1ncn(-c2ccc(N3CCN(c4ccccn4)CC3)nc2)c1=O. The molecule has 0 spiro atoms. The molecule has 0 saturated carbocycles. The maximum absolute atomic E-state index is 13.2. The Morgan fingerprint density at radius 1 is 0.944 bits per heavy atom. The molecule has 9 nitrogen and oxygen atoms in total. The molecule has 1 unspecified atom stereocenters. The molecule has 10 heteroatoms. The van der Waals surface area contributed by atoms with Crippen LogP contribution in [0.4, 0.5) is 11.6 Å². The summed E-state index contributed by atoms with van der Waals surface area (Å²) in [6.45, 7) is 5.31. The third kappa shape index (κ3) is 4.84. The van der Waals surface area contributed by atoms with Gasteiger partial charge < -0.3 is 14.9 Å². The van der Waals surface area contributed by atoms with Crippen LogP contribution in [0.1, 0.15) is 31.1 Å². The van der Waals surface area contributed by atoms with E-state index < -0.39 is 12.1 Å². The van der Waals surface area contributed by atoms with Crippen molar-refractivity contribution in [3.05, 3.63) is 94.4 Å². The van der Waals surface area contributed by atoms with Gasteiger partial charge in [0.25, 0.3) is 0 Å². The van der Waals surface area contributed by atoms with Crippen LogP contribution in [-0.2, 0) is 0 Å². The predicted molar refractivity (Wildman–Crippen MR) is 140 cm³/mol. The first-order chi connectivity index (χ1) is 17.5. The van der Waals surface area contributed by atoms with Gasteiger partial charge >= 0.3 is 5.69 Å². The first-order valence-corrected chi connectivity index (χ1v) is 12.4. The van der Waals surface area contributed by atoms with E-state index in [0.717, 1.165) is 37.8 Å². The van der Waals surface area contributed by atoms with Crippen molar-refractivity contribution < 1.29 is 5.11 Å². The smallest absolute Gasteiger partial charge is 0.350 e. The Labute approximate surface area is 214 Å². The van der Waals surface area contributed by atoms with Gasteiger partial charge in [0.1, 0.15) is 24.1 Å². The molecule has 4 heterocycles. The fourth-order valence-electron chi connectivity index (χ4n) is 4.55. The topological polar surface area (TPSA) is 92.3 Å². The van der Waals surface area contributed by atoms with Gasteiger partial charge in [0.05, 0.1) is 17.9 Å². The van der Waals surface area contributed by atoms with Gasteiger partial charge in [0.2, 0.25) is 0 Å². The van der Waals surface area contributed by atoms with E-state index in [2.05, 4.69) is 24.9 Å². The van der Waals surface area contributed by atoms with Crippen LogP contribution in [0.5, 0.6) is 0 Å². The maximum atomic E-state index is 13.2. The number of benzene rings is 1. The second-order valence-electron chi connectivity index (χ2n) is 8.74. The van der Waals surface area contributed by atoms with Gasteiger partial charge in [-0.05, 0) is 48.4 Å². The average molecular weight is 506 g/mol. The summed E-state index contributed by atoms with van der Waals surface area (Å²) < 4.78 is 2.79. The summed E-state index contributed by atoms with van der Waals surface area (Å²) in [5.74, 6) is 1.85. The number of anilines is 2. The predicted octanol–water partition coefficient (Wildman–Crippen LogP) is 3.49. The second kappa shape index (κ2) is 10.5. The molecule has 1 saturated heterocycles. The molecule has 0 bridgehead atoms. The van der Waals surface area contributed by atoms with E-state index in [-0.39, 0.29) is 5.69 Å². The lowest BCUT2D eigenvalue weighted by Crippen LogP contribution is -2.47. The van der Waals surface area contributed by atoms with Crippen molar-refractivity contribution in [2.75, 3.05) is 36.0 Å². The number of aliphatic hydroxyl groups is 1. The highest BCUT2D eigenvalue weighted by atomic mass is 35.5. The summed E-state index contributed by atoms with van der Waals surface area (Å²) in [7, 11) is 0. The normalized spacial score (nSPS) is 15.6. The minimum absolute atomic E-state index is 0.326.